The molecule has 1 fully saturated rings. The number of para-hydroxylation sites is 1. The number of alkyl halides is 2. The first kappa shape index (κ1) is 29.6. The van der Waals surface area contributed by atoms with Gasteiger partial charge in [0.25, 0.3) is 12.0 Å². The molecule has 1 saturated heterocycles. The number of H-pyrrole nitrogens is 1. The van der Waals surface area contributed by atoms with E-state index in [2.05, 4.69) is 5.09 Å². The Morgan fingerprint density at radius 3 is 2.50 bits per heavy atom. The normalized spacial score (nSPS) is 22.7. The minimum Gasteiger partial charge on any atom is -0.462 e. The van der Waals surface area contributed by atoms with Crippen LogP contribution in [0.5, 0.6) is 5.75 Å². The van der Waals surface area contributed by atoms with E-state index in [0.717, 1.165) is 0 Å². The van der Waals surface area contributed by atoms with Crippen molar-refractivity contribution in [1.82, 2.24) is 14.6 Å². The fraction of sp³-hybridized carbons (Fsp3) is 0.500. The van der Waals surface area contributed by atoms with Gasteiger partial charge in [0.05, 0.1) is 18.4 Å². The number of rotatable bonds is 11. The molecule has 16 heteroatoms. The Labute approximate surface area is 214 Å². The summed E-state index contributed by atoms with van der Waals surface area (Å²) in [5.41, 5.74) is -2.41. The first-order valence-corrected chi connectivity index (χ1v) is 13.0. The average Bonchev–Trinajstić information content (AvgIpc) is 3.20. The van der Waals surface area contributed by atoms with E-state index >= 15 is 0 Å². The minimum atomic E-state index is -4.80. The Bertz CT molecular complexity index is 1270. The molecule has 6 atom stereocenters. The lowest BCUT2D eigenvalue weighted by molar-refractivity contribution is -0.149. The standard InChI is InChI=1S/C22H27F3N3O9P/c1-11(2)34-21(31)12(3)27-38(33,36-13-7-5-4-6-8-13)37-18(19(24)25)17-15(29)9-16(35-17)28-10-14(23)20(30)26-22(28)32/h4-8,10-12,15-19,29H,9H2,1-3H3,(H,27,33)(H,26,30,32)/t12-,15-,16+,17-,18-,38+/m0/s1. The van der Waals surface area contributed by atoms with Gasteiger partial charge in [0.2, 0.25) is 5.82 Å². The van der Waals surface area contributed by atoms with Crippen LogP contribution in [0.15, 0.2) is 46.1 Å². The van der Waals surface area contributed by atoms with E-state index in [0.29, 0.717) is 10.8 Å². The second-order valence-corrected chi connectivity index (χ2v) is 10.3. The first-order valence-electron chi connectivity index (χ1n) is 11.4. The zero-order valence-corrected chi connectivity index (χ0v) is 21.3. The molecule has 0 unspecified atom stereocenters. The van der Waals surface area contributed by atoms with Gasteiger partial charge in [-0.25, -0.2) is 18.1 Å². The zero-order valence-electron chi connectivity index (χ0n) is 20.5. The predicted molar refractivity (Wildman–Crippen MR) is 125 cm³/mol. The quantitative estimate of drug-likeness (QED) is 0.272. The molecule has 12 nitrogen and oxygen atoms in total. The number of carbonyl (C=O) groups is 1. The topological polar surface area (TPSA) is 158 Å². The van der Waals surface area contributed by atoms with Crippen molar-refractivity contribution in [2.24, 2.45) is 0 Å². The van der Waals surface area contributed by atoms with E-state index in [1.807, 2.05) is 0 Å². The van der Waals surface area contributed by atoms with Crippen molar-refractivity contribution in [3.63, 3.8) is 0 Å². The number of hydrogen-bond acceptors (Lipinski definition) is 9. The van der Waals surface area contributed by atoms with Crippen LogP contribution >= 0.6 is 7.75 Å². The lowest BCUT2D eigenvalue weighted by Crippen LogP contribution is -2.44. The summed E-state index contributed by atoms with van der Waals surface area (Å²) in [5, 5.41) is 12.7. The number of aromatic nitrogens is 2. The van der Waals surface area contributed by atoms with Crippen LogP contribution in [0, 0.1) is 5.82 Å². The highest BCUT2D eigenvalue weighted by molar-refractivity contribution is 7.52. The molecule has 1 aromatic carbocycles. The van der Waals surface area contributed by atoms with E-state index in [1.165, 1.54) is 31.2 Å². The van der Waals surface area contributed by atoms with Crippen LogP contribution in [0.3, 0.4) is 0 Å². The number of aliphatic hydroxyl groups excluding tert-OH is 1. The van der Waals surface area contributed by atoms with Crippen molar-refractivity contribution in [3.05, 3.63) is 63.2 Å². The number of halogens is 3. The van der Waals surface area contributed by atoms with Gasteiger partial charge in [-0.2, -0.15) is 9.48 Å². The molecule has 3 rings (SSSR count). The summed E-state index contributed by atoms with van der Waals surface area (Å²) < 4.78 is 77.3. The van der Waals surface area contributed by atoms with Crippen LogP contribution in [-0.4, -0.2) is 57.5 Å². The molecule has 2 heterocycles. The van der Waals surface area contributed by atoms with E-state index in [4.69, 9.17) is 18.5 Å². The molecule has 1 aliphatic heterocycles. The number of benzene rings is 1. The second kappa shape index (κ2) is 12.3. The van der Waals surface area contributed by atoms with Crippen LogP contribution in [0.4, 0.5) is 13.2 Å². The Balaban J connectivity index is 1.89. The average molecular weight is 565 g/mol. The monoisotopic (exact) mass is 565 g/mol. The number of nitrogens with zero attached hydrogens (tertiary/aromatic N) is 1. The number of nitrogens with one attached hydrogen (secondary N) is 2. The number of ether oxygens (including phenoxy) is 2. The third-order valence-corrected chi connectivity index (χ3v) is 6.91. The van der Waals surface area contributed by atoms with Gasteiger partial charge in [-0.15, -0.1) is 0 Å². The molecule has 210 valence electrons. The maximum absolute atomic E-state index is 14.2. The summed E-state index contributed by atoms with van der Waals surface area (Å²) in [6.45, 7) is 4.40. The summed E-state index contributed by atoms with van der Waals surface area (Å²) in [6.07, 6.45) is -11.4. The number of hydrogen-bond donors (Lipinski definition) is 3. The molecule has 2 aromatic rings. The SMILES string of the molecule is CC(C)OC(=O)[C@H](C)N[P@@](=O)(Oc1ccccc1)O[C@H](C(F)F)[C@H]1O[C@@H](n2cc(F)c(=O)[nH]c2=O)C[C@@H]1O. The van der Waals surface area contributed by atoms with E-state index in [-0.39, 0.29) is 5.75 Å². The Morgan fingerprint density at radius 2 is 1.89 bits per heavy atom. The van der Waals surface area contributed by atoms with Gasteiger partial charge in [-0.1, -0.05) is 18.2 Å². The van der Waals surface area contributed by atoms with Crippen molar-refractivity contribution in [2.75, 3.05) is 0 Å². The van der Waals surface area contributed by atoms with E-state index in [9.17, 15) is 37.2 Å². The number of esters is 1. The fourth-order valence-corrected chi connectivity index (χ4v) is 5.22. The summed E-state index contributed by atoms with van der Waals surface area (Å²) in [7, 11) is -4.80. The van der Waals surface area contributed by atoms with Crippen LogP contribution in [-0.2, 0) is 23.4 Å². The van der Waals surface area contributed by atoms with E-state index < -0.39 is 80.3 Å². The number of aliphatic hydroxyl groups is 1. The van der Waals surface area contributed by atoms with Crippen molar-refractivity contribution >= 4 is 13.7 Å². The van der Waals surface area contributed by atoms with Crippen LogP contribution in [0.2, 0.25) is 0 Å². The fourth-order valence-electron chi connectivity index (χ4n) is 3.55. The minimum absolute atomic E-state index is 0.0539. The number of carbonyl (C=O) groups excluding carboxylic acids is 1. The highest BCUT2D eigenvalue weighted by atomic mass is 31.2. The van der Waals surface area contributed by atoms with Gasteiger partial charge in [-0.05, 0) is 32.9 Å². The van der Waals surface area contributed by atoms with Crippen LogP contribution in [0.1, 0.15) is 33.4 Å². The molecule has 1 aliphatic rings. The molecule has 0 amide bonds. The van der Waals surface area contributed by atoms with Gasteiger partial charge in [-0.3, -0.25) is 23.7 Å². The molecular weight excluding hydrogens is 538 g/mol. The summed E-state index contributed by atoms with van der Waals surface area (Å²) in [4.78, 5) is 37.3. The Morgan fingerprint density at radius 1 is 1.24 bits per heavy atom. The van der Waals surface area contributed by atoms with Crippen molar-refractivity contribution in [3.8, 4) is 5.75 Å². The van der Waals surface area contributed by atoms with Gasteiger partial charge in [0.1, 0.15) is 24.1 Å². The molecule has 0 bridgehead atoms. The molecule has 3 N–H and O–H groups in total. The second-order valence-electron chi connectivity index (χ2n) is 8.64. The highest BCUT2D eigenvalue weighted by Gasteiger charge is 2.49. The smallest absolute Gasteiger partial charge is 0.460 e. The van der Waals surface area contributed by atoms with E-state index in [1.54, 1.807) is 24.9 Å². The lowest BCUT2D eigenvalue weighted by Gasteiger charge is -2.30. The molecule has 1 aromatic heterocycles. The first-order chi connectivity index (χ1) is 17.8. The van der Waals surface area contributed by atoms with Crippen LogP contribution < -0.4 is 20.9 Å². The zero-order chi connectivity index (χ0) is 28.2. The molecule has 38 heavy (non-hydrogen) atoms. The summed E-state index contributed by atoms with van der Waals surface area (Å²) in [6, 6.07) is 6.02. The third kappa shape index (κ3) is 7.32. The Hall–Kier alpha value is -2.97. The molecule has 0 saturated carbocycles. The van der Waals surface area contributed by atoms with Crippen molar-refractivity contribution in [1.29, 1.82) is 0 Å². The summed E-state index contributed by atoms with van der Waals surface area (Å²) in [5.74, 6) is -2.27. The molecular formula is C22H27F3N3O9P. The van der Waals surface area contributed by atoms with Crippen LogP contribution in [0.25, 0.3) is 0 Å². The molecule has 0 aliphatic carbocycles. The predicted octanol–water partition coefficient (Wildman–Crippen LogP) is 2.09. The molecule has 0 radical (unpaired) electrons. The van der Waals surface area contributed by atoms with Gasteiger partial charge < -0.3 is 19.1 Å². The number of aromatic amines is 1. The van der Waals surface area contributed by atoms with Gasteiger partial charge >= 0.3 is 19.4 Å². The maximum atomic E-state index is 14.2. The largest absolute Gasteiger partial charge is 0.462 e. The van der Waals surface area contributed by atoms with Crippen molar-refractivity contribution < 1.29 is 46.2 Å². The van der Waals surface area contributed by atoms with Gasteiger partial charge in [0.15, 0.2) is 6.10 Å². The maximum Gasteiger partial charge on any atom is 0.460 e. The molecule has 0 spiro atoms. The summed E-state index contributed by atoms with van der Waals surface area (Å²) >= 11 is 0. The third-order valence-electron chi connectivity index (χ3n) is 5.23. The van der Waals surface area contributed by atoms with Gasteiger partial charge in [0, 0.05) is 6.42 Å². The lowest BCUT2D eigenvalue weighted by atomic mass is 10.1. The highest BCUT2D eigenvalue weighted by Crippen LogP contribution is 2.49. The Kier molecular flexibility index (Phi) is 9.54. The van der Waals surface area contributed by atoms with Crippen molar-refractivity contribution in [2.45, 2.75) is 70.3 Å².